The Morgan fingerprint density at radius 3 is 3.00 bits per heavy atom. The van der Waals surface area contributed by atoms with Crippen LogP contribution in [0.25, 0.3) is 17.2 Å². The molecule has 0 saturated heterocycles. The summed E-state index contributed by atoms with van der Waals surface area (Å²) in [6.45, 7) is 6.60. The number of imidazole rings is 1. The molecule has 0 aromatic carbocycles. The predicted molar refractivity (Wildman–Crippen MR) is 69.0 cm³/mol. The minimum absolute atomic E-state index is 0.427. The molecule has 0 saturated carbocycles. The molecule has 2 aromatic heterocycles. The molecule has 0 aliphatic heterocycles. The number of nitrogens with zero attached hydrogens (tertiary/aromatic N) is 4. The van der Waals surface area contributed by atoms with Gasteiger partial charge in [0.25, 0.3) is 0 Å². The second-order valence-electron chi connectivity index (χ2n) is 3.78. The lowest BCUT2D eigenvalue weighted by Crippen LogP contribution is -2.01. The van der Waals surface area contributed by atoms with Gasteiger partial charge in [-0.1, -0.05) is 19.4 Å². The van der Waals surface area contributed by atoms with E-state index in [1.54, 1.807) is 6.33 Å². The molecule has 2 heterocycles. The zero-order valence-corrected chi connectivity index (χ0v) is 9.93. The van der Waals surface area contributed by atoms with Crippen LogP contribution in [0.2, 0.25) is 0 Å². The molecule has 2 rings (SSSR count). The summed E-state index contributed by atoms with van der Waals surface area (Å²) in [7, 11) is 0. The first-order chi connectivity index (χ1) is 8.26. The maximum Gasteiger partial charge on any atom is 0.166 e. The molecule has 1 radical (unpaired) electrons. The third-order valence-electron chi connectivity index (χ3n) is 2.47. The maximum absolute atomic E-state index is 5.86. The summed E-state index contributed by atoms with van der Waals surface area (Å²) in [6, 6.07) is 0. The van der Waals surface area contributed by atoms with Gasteiger partial charge in [-0.25, -0.2) is 15.0 Å². The van der Waals surface area contributed by atoms with Gasteiger partial charge >= 0.3 is 0 Å². The van der Waals surface area contributed by atoms with Crippen LogP contribution >= 0.6 is 0 Å². The van der Waals surface area contributed by atoms with Crippen LogP contribution in [-0.4, -0.2) is 19.5 Å². The lowest BCUT2D eigenvalue weighted by atomic mass is 10.3. The first-order valence-corrected chi connectivity index (χ1v) is 5.66. The molecule has 0 bridgehead atoms. The smallest absolute Gasteiger partial charge is 0.166 e. The normalized spacial score (nSPS) is 11.6. The molecule has 89 valence electrons. The lowest BCUT2D eigenvalue weighted by molar-refractivity contribution is 0.659. The number of anilines is 1. The third-order valence-corrected chi connectivity index (χ3v) is 2.47. The van der Waals surface area contributed by atoms with E-state index in [2.05, 4.69) is 21.9 Å². The number of fused-ring (bicyclic) bond motifs is 1. The van der Waals surface area contributed by atoms with Crippen LogP contribution < -0.4 is 5.73 Å². The third kappa shape index (κ3) is 2.27. The molecule has 17 heavy (non-hydrogen) atoms. The van der Waals surface area contributed by atoms with Gasteiger partial charge in [0.2, 0.25) is 0 Å². The molecule has 0 spiro atoms. The zero-order valence-electron chi connectivity index (χ0n) is 9.93. The average molecular weight is 230 g/mol. The number of allylic oxidation sites excluding steroid dienone is 1. The first kappa shape index (κ1) is 11.6. The van der Waals surface area contributed by atoms with Crippen LogP contribution in [0.15, 0.2) is 12.4 Å². The van der Waals surface area contributed by atoms with E-state index in [0.717, 1.165) is 25.0 Å². The van der Waals surface area contributed by atoms with Gasteiger partial charge in [-0.2, -0.15) is 0 Å². The molecule has 0 aliphatic rings. The van der Waals surface area contributed by atoms with E-state index >= 15 is 0 Å². The molecule has 0 fully saturated rings. The molecular formula is C12H16N5. The van der Waals surface area contributed by atoms with Gasteiger partial charge in [-0.05, 0) is 19.4 Å². The van der Waals surface area contributed by atoms with Crippen molar-refractivity contribution in [1.29, 1.82) is 0 Å². The Labute approximate surface area is 100 Å². The van der Waals surface area contributed by atoms with E-state index in [0.29, 0.717) is 17.2 Å². The van der Waals surface area contributed by atoms with Gasteiger partial charge < -0.3 is 10.3 Å². The van der Waals surface area contributed by atoms with Crippen LogP contribution in [0, 0.1) is 6.92 Å². The highest BCUT2D eigenvalue weighted by Crippen LogP contribution is 2.17. The number of nitrogens with two attached hydrogens (primary N) is 1. The fraction of sp³-hybridized carbons (Fsp3) is 0.333. The quantitative estimate of drug-likeness (QED) is 0.872. The van der Waals surface area contributed by atoms with Gasteiger partial charge in [0.15, 0.2) is 17.3 Å². The van der Waals surface area contributed by atoms with E-state index < -0.39 is 0 Å². The fourth-order valence-electron chi connectivity index (χ4n) is 1.65. The van der Waals surface area contributed by atoms with E-state index in [4.69, 9.17) is 5.73 Å². The van der Waals surface area contributed by atoms with Crippen LogP contribution in [-0.2, 0) is 6.54 Å². The maximum atomic E-state index is 5.86. The highest BCUT2D eigenvalue weighted by Gasteiger charge is 2.09. The van der Waals surface area contributed by atoms with Crippen molar-refractivity contribution in [2.75, 3.05) is 5.73 Å². The Morgan fingerprint density at radius 2 is 2.29 bits per heavy atom. The summed E-state index contributed by atoms with van der Waals surface area (Å²) in [4.78, 5) is 12.9. The van der Waals surface area contributed by atoms with Gasteiger partial charge in [-0.3, -0.25) is 0 Å². The summed E-state index contributed by atoms with van der Waals surface area (Å²) < 4.78 is 1.99. The Hall–Kier alpha value is -1.91. The number of aryl methyl sites for hydroxylation is 1. The van der Waals surface area contributed by atoms with Gasteiger partial charge in [-0.15, -0.1) is 0 Å². The Morgan fingerprint density at radius 1 is 1.47 bits per heavy atom. The molecule has 0 unspecified atom stereocenters. The standard InChI is InChI=1S/C12H16N5/c1-3-5-7-17-8-14-10-11(13)15-9(6-4-2)16-12(10)17/h4,6,8H,1,3,5,7H2,2H3,(H2,13,15,16)/b6-4-. The Balaban J connectivity index is 2.49. The molecule has 0 atom stereocenters. The molecule has 2 aromatic rings. The van der Waals surface area contributed by atoms with Crippen LogP contribution in [0.3, 0.4) is 0 Å². The molecular weight excluding hydrogens is 214 g/mol. The minimum Gasteiger partial charge on any atom is -0.382 e. The highest BCUT2D eigenvalue weighted by molar-refractivity contribution is 5.82. The molecule has 0 aliphatic carbocycles. The topological polar surface area (TPSA) is 69.6 Å². The Bertz CT molecular complexity index is 541. The number of aromatic nitrogens is 4. The van der Waals surface area contributed by atoms with Crippen molar-refractivity contribution in [3.05, 3.63) is 25.2 Å². The average Bonchev–Trinajstić information content (AvgIpc) is 2.70. The van der Waals surface area contributed by atoms with Gasteiger partial charge in [0.05, 0.1) is 6.33 Å². The van der Waals surface area contributed by atoms with Crippen molar-refractivity contribution >= 4 is 23.1 Å². The predicted octanol–water partition coefficient (Wildman–Crippen LogP) is 2.06. The van der Waals surface area contributed by atoms with Crippen molar-refractivity contribution in [2.45, 2.75) is 26.3 Å². The molecule has 2 N–H and O–H groups in total. The van der Waals surface area contributed by atoms with E-state index in [1.165, 1.54) is 0 Å². The van der Waals surface area contributed by atoms with Gasteiger partial charge in [0.1, 0.15) is 5.52 Å². The van der Waals surface area contributed by atoms with Crippen molar-refractivity contribution in [3.8, 4) is 0 Å². The monoisotopic (exact) mass is 230 g/mol. The highest BCUT2D eigenvalue weighted by atomic mass is 15.1. The first-order valence-electron chi connectivity index (χ1n) is 5.66. The van der Waals surface area contributed by atoms with Crippen molar-refractivity contribution < 1.29 is 0 Å². The molecule has 5 heteroatoms. The van der Waals surface area contributed by atoms with Crippen LogP contribution in [0.4, 0.5) is 5.82 Å². The van der Waals surface area contributed by atoms with Gasteiger partial charge in [0, 0.05) is 6.54 Å². The largest absolute Gasteiger partial charge is 0.382 e. The SMILES string of the molecule is [CH2]CCCn1cnc2c(N)nc(/C=C\C)nc21. The summed E-state index contributed by atoms with van der Waals surface area (Å²) in [5.41, 5.74) is 7.32. The second kappa shape index (κ2) is 4.95. The summed E-state index contributed by atoms with van der Waals surface area (Å²) in [5.74, 6) is 1.05. The van der Waals surface area contributed by atoms with Crippen molar-refractivity contribution in [1.82, 2.24) is 19.5 Å². The number of hydrogen-bond acceptors (Lipinski definition) is 4. The zero-order chi connectivity index (χ0) is 12.3. The van der Waals surface area contributed by atoms with E-state index in [-0.39, 0.29) is 0 Å². The Kier molecular flexibility index (Phi) is 3.37. The van der Waals surface area contributed by atoms with Crippen LogP contribution in [0.1, 0.15) is 25.6 Å². The number of nitrogen functional groups attached to an aromatic ring is 1. The second-order valence-corrected chi connectivity index (χ2v) is 3.78. The molecule has 0 amide bonds. The summed E-state index contributed by atoms with van der Waals surface area (Å²) in [6.07, 6.45) is 7.35. The number of rotatable bonds is 4. The van der Waals surface area contributed by atoms with E-state index in [1.807, 2.05) is 23.6 Å². The number of unbranched alkanes of at least 4 members (excludes halogenated alkanes) is 1. The van der Waals surface area contributed by atoms with Crippen LogP contribution in [0.5, 0.6) is 0 Å². The number of hydrogen-bond donors (Lipinski definition) is 1. The summed E-state index contributed by atoms with van der Waals surface area (Å²) in [5, 5.41) is 0. The van der Waals surface area contributed by atoms with E-state index in [9.17, 15) is 0 Å². The van der Waals surface area contributed by atoms with Crippen molar-refractivity contribution in [2.24, 2.45) is 0 Å². The summed E-state index contributed by atoms with van der Waals surface area (Å²) >= 11 is 0. The van der Waals surface area contributed by atoms with Crippen molar-refractivity contribution in [3.63, 3.8) is 0 Å². The lowest BCUT2D eigenvalue weighted by Gasteiger charge is -2.03. The fourth-order valence-corrected chi connectivity index (χ4v) is 1.65. The minimum atomic E-state index is 0.427. The molecule has 5 nitrogen and oxygen atoms in total.